The molecule has 0 atom stereocenters. The highest BCUT2D eigenvalue weighted by Crippen LogP contribution is 2.23. The third-order valence-corrected chi connectivity index (χ3v) is 2.64. The van der Waals surface area contributed by atoms with Crippen molar-refractivity contribution in [2.24, 2.45) is 0 Å². The van der Waals surface area contributed by atoms with Crippen LogP contribution < -0.4 is 16.4 Å². The summed E-state index contributed by atoms with van der Waals surface area (Å²) in [6.45, 7) is 2.61. The second-order valence-electron chi connectivity index (χ2n) is 4.29. The lowest BCUT2D eigenvalue weighted by molar-refractivity contribution is 0.251. The van der Waals surface area contributed by atoms with Crippen LogP contribution >= 0.6 is 0 Å². The molecular weight excluding hydrogens is 252 g/mol. The normalized spacial score (nSPS) is 10.3. The molecule has 0 aliphatic rings. The van der Waals surface area contributed by atoms with Gasteiger partial charge in [-0.1, -0.05) is 26.2 Å². The molecular formula is C13H19F2N3O. The maximum atomic E-state index is 13.4. The second kappa shape index (κ2) is 7.56. The number of urea groups is 1. The first-order valence-electron chi connectivity index (χ1n) is 6.34. The predicted molar refractivity (Wildman–Crippen MR) is 71.9 cm³/mol. The van der Waals surface area contributed by atoms with E-state index in [0.717, 1.165) is 31.7 Å². The van der Waals surface area contributed by atoms with Crippen molar-refractivity contribution in [1.82, 2.24) is 5.32 Å². The predicted octanol–water partition coefficient (Wildman–Crippen LogP) is 3.25. The highest BCUT2D eigenvalue weighted by Gasteiger charge is 2.11. The Morgan fingerprint density at radius 3 is 2.63 bits per heavy atom. The van der Waals surface area contributed by atoms with Crippen LogP contribution in [-0.2, 0) is 0 Å². The van der Waals surface area contributed by atoms with Gasteiger partial charge in [-0.15, -0.1) is 0 Å². The maximum absolute atomic E-state index is 13.4. The lowest BCUT2D eigenvalue weighted by atomic mass is 10.2. The van der Waals surface area contributed by atoms with Crippen molar-refractivity contribution in [2.75, 3.05) is 17.6 Å². The summed E-state index contributed by atoms with van der Waals surface area (Å²) in [4.78, 5) is 11.5. The summed E-state index contributed by atoms with van der Waals surface area (Å²) >= 11 is 0. The quantitative estimate of drug-likeness (QED) is 0.549. The second-order valence-corrected chi connectivity index (χ2v) is 4.29. The molecule has 0 heterocycles. The summed E-state index contributed by atoms with van der Waals surface area (Å²) in [6.07, 6.45) is 4.12. The summed E-state index contributed by atoms with van der Waals surface area (Å²) in [7, 11) is 0. The van der Waals surface area contributed by atoms with Crippen LogP contribution in [0, 0.1) is 11.6 Å². The Hall–Kier alpha value is -1.85. The average molecular weight is 271 g/mol. The Kier molecular flexibility index (Phi) is 6.05. The van der Waals surface area contributed by atoms with E-state index in [1.807, 2.05) is 0 Å². The number of nitrogens with one attached hydrogen (secondary N) is 2. The van der Waals surface area contributed by atoms with Crippen LogP contribution in [0.1, 0.15) is 32.6 Å². The fourth-order valence-electron chi connectivity index (χ4n) is 1.64. The van der Waals surface area contributed by atoms with E-state index in [-0.39, 0.29) is 11.4 Å². The monoisotopic (exact) mass is 271 g/mol. The SMILES string of the molecule is CCCCCCNC(=O)Nc1c(N)cc(F)cc1F. The summed E-state index contributed by atoms with van der Waals surface area (Å²) in [5.41, 5.74) is 5.10. The zero-order valence-corrected chi connectivity index (χ0v) is 10.9. The standard InChI is InChI=1S/C13H19F2N3O/c1-2-3-4-5-6-17-13(19)18-12-10(15)7-9(14)8-11(12)16/h7-8H,2-6,16H2,1H3,(H2,17,18,19). The van der Waals surface area contributed by atoms with E-state index in [0.29, 0.717) is 12.6 Å². The minimum Gasteiger partial charge on any atom is -0.397 e. The van der Waals surface area contributed by atoms with Crippen molar-refractivity contribution >= 4 is 17.4 Å². The van der Waals surface area contributed by atoms with Crippen LogP contribution in [0.2, 0.25) is 0 Å². The Morgan fingerprint density at radius 2 is 2.00 bits per heavy atom. The molecule has 19 heavy (non-hydrogen) atoms. The first-order valence-corrected chi connectivity index (χ1v) is 6.34. The van der Waals surface area contributed by atoms with E-state index < -0.39 is 17.7 Å². The third kappa shape index (κ3) is 5.11. The molecule has 0 saturated carbocycles. The molecule has 0 fully saturated rings. The Bertz CT molecular complexity index is 415. The molecule has 4 N–H and O–H groups in total. The number of amides is 2. The van der Waals surface area contributed by atoms with Gasteiger partial charge in [0.15, 0.2) is 5.82 Å². The summed E-state index contributed by atoms with van der Waals surface area (Å²) in [6, 6.07) is 1.08. The molecule has 0 spiro atoms. The van der Waals surface area contributed by atoms with Crippen LogP contribution in [0.4, 0.5) is 25.0 Å². The van der Waals surface area contributed by atoms with E-state index in [4.69, 9.17) is 5.73 Å². The Labute approximate surface area is 111 Å². The molecule has 0 aromatic heterocycles. The number of benzene rings is 1. The van der Waals surface area contributed by atoms with E-state index in [9.17, 15) is 13.6 Å². The van der Waals surface area contributed by atoms with Crippen molar-refractivity contribution in [2.45, 2.75) is 32.6 Å². The lowest BCUT2D eigenvalue weighted by Gasteiger charge is -2.10. The molecule has 1 rings (SSSR count). The number of anilines is 2. The maximum Gasteiger partial charge on any atom is 0.319 e. The smallest absolute Gasteiger partial charge is 0.319 e. The van der Waals surface area contributed by atoms with E-state index in [1.54, 1.807) is 0 Å². The minimum atomic E-state index is -0.890. The average Bonchev–Trinajstić information content (AvgIpc) is 2.33. The Morgan fingerprint density at radius 1 is 1.26 bits per heavy atom. The fourth-order valence-corrected chi connectivity index (χ4v) is 1.64. The van der Waals surface area contributed by atoms with Crippen molar-refractivity contribution < 1.29 is 13.6 Å². The summed E-state index contributed by atoms with van der Waals surface area (Å²) < 4.78 is 26.2. The molecule has 0 aliphatic carbocycles. The van der Waals surface area contributed by atoms with Gasteiger partial charge in [0.1, 0.15) is 11.5 Å². The molecule has 1 aromatic rings. The number of halogens is 2. The van der Waals surface area contributed by atoms with Crippen molar-refractivity contribution in [1.29, 1.82) is 0 Å². The van der Waals surface area contributed by atoms with Gasteiger partial charge in [-0.25, -0.2) is 13.6 Å². The van der Waals surface area contributed by atoms with Gasteiger partial charge < -0.3 is 16.4 Å². The van der Waals surface area contributed by atoms with Crippen molar-refractivity contribution in [3.05, 3.63) is 23.8 Å². The van der Waals surface area contributed by atoms with Crippen LogP contribution in [0.3, 0.4) is 0 Å². The van der Waals surface area contributed by atoms with Crippen molar-refractivity contribution in [3.63, 3.8) is 0 Å². The highest BCUT2D eigenvalue weighted by molar-refractivity contribution is 5.92. The van der Waals surface area contributed by atoms with Gasteiger partial charge in [0, 0.05) is 12.6 Å². The van der Waals surface area contributed by atoms with E-state index in [1.165, 1.54) is 0 Å². The van der Waals surface area contributed by atoms with Gasteiger partial charge in [0.25, 0.3) is 0 Å². The number of hydrogen-bond donors (Lipinski definition) is 3. The molecule has 106 valence electrons. The number of carbonyl (C=O) groups is 1. The largest absolute Gasteiger partial charge is 0.397 e. The molecule has 0 aliphatic heterocycles. The van der Waals surface area contributed by atoms with Gasteiger partial charge in [-0.3, -0.25) is 0 Å². The number of hydrogen-bond acceptors (Lipinski definition) is 2. The van der Waals surface area contributed by atoms with Gasteiger partial charge in [-0.2, -0.15) is 0 Å². The van der Waals surface area contributed by atoms with E-state index in [2.05, 4.69) is 17.6 Å². The first-order chi connectivity index (χ1) is 9.04. The number of unbranched alkanes of at least 4 members (excludes halogenated alkanes) is 3. The Balaban J connectivity index is 2.44. The summed E-state index contributed by atoms with van der Waals surface area (Å²) in [5.74, 6) is -1.67. The van der Waals surface area contributed by atoms with Crippen LogP contribution in [0.5, 0.6) is 0 Å². The van der Waals surface area contributed by atoms with Crippen LogP contribution in [0.15, 0.2) is 12.1 Å². The van der Waals surface area contributed by atoms with Crippen LogP contribution in [-0.4, -0.2) is 12.6 Å². The summed E-state index contributed by atoms with van der Waals surface area (Å²) in [5, 5.41) is 4.87. The molecule has 6 heteroatoms. The number of nitrogen functional groups attached to an aromatic ring is 1. The van der Waals surface area contributed by atoms with Crippen LogP contribution in [0.25, 0.3) is 0 Å². The molecule has 2 amide bonds. The highest BCUT2D eigenvalue weighted by atomic mass is 19.1. The van der Waals surface area contributed by atoms with Gasteiger partial charge in [-0.05, 0) is 12.5 Å². The molecule has 0 saturated heterocycles. The lowest BCUT2D eigenvalue weighted by Crippen LogP contribution is -2.30. The number of nitrogens with two attached hydrogens (primary N) is 1. The molecule has 0 unspecified atom stereocenters. The molecule has 1 aromatic carbocycles. The molecule has 0 radical (unpaired) electrons. The van der Waals surface area contributed by atoms with E-state index >= 15 is 0 Å². The zero-order valence-electron chi connectivity index (χ0n) is 10.9. The minimum absolute atomic E-state index is 0.140. The molecule has 0 bridgehead atoms. The number of rotatable bonds is 6. The fraction of sp³-hybridized carbons (Fsp3) is 0.462. The third-order valence-electron chi connectivity index (χ3n) is 2.64. The first kappa shape index (κ1) is 15.2. The zero-order chi connectivity index (χ0) is 14.3. The number of carbonyl (C=O) groups excluding carboxylic acids is 1. The van der Waals surface area contributed by atoms with Gasteiger partial charge >= 0.3 is 6.03 Å². The topological polar surface area (TPSA) is 67.2 Å². The van der Waals surface area contributed by atoms with Gasteiger partial charge in [0.2, 0.25) is 0 Å². The van der Waals surface area contributed by atoms with Crippen molar-refractivity contribution in [3.8, 4) is 0 Å². The molecule has 4 nitrogen and oxygen atoms in total. The van der Waals surface area contributed by atoms with Gasteiger partial charge in [0.05, 0.1) is 5.69 Å².